The lowest BCUT2D eigenvalue weighted by atomic mass is 9.77. The summed E-state index contributed by atoms with van der Waals surface area (Å²) in [5, 5.41) is 0. The van der Waals surface area contributed by atoms with E-state index >= 15 is 0 Å². The molecule has 0 amide bonds. The highest BCUT2D eigenvalue weighted by Gasteiger charge is 2.31. The zero-order valence-electron chi connectivity index (χ0n) is 9.47. The topological polar surface area (TPSA) is 30.2 Å². The van der Waals surface area contributed by atoms with E-state index < -0.39 is 0 Å². The summed E-state index contributed by atoms with van der Waals surface area (Å²) >= 11 is 3.21. The van der Waals surface area contributed by atoms with Gasteiger partial charge in [0.25, 0.3) is 0 Å². The number of carbonyl (C=O) groups excluding carboxylic acids is 1. The second-order valence-electron chi connectivity index (χ2n) is 4.13. The van der Waals surface area contributed by atoms with E-state index in [2.05, 4.69) is 29.8 Å². The molecule has 0 bridgehead atoms. The molecular weight excluding hydrogens is 256 g/mol. The average molecular weight is 273 g/mol. The number of carbonyl (C=O) groups is 1. The first-order chi connectivity index (χ1) is 7.03. The molecule has 0 saturated carbocycles. The monoisotopic (exact) mass is 272 g/mol. The van der Waals surface area contributed by atoms with E-state index in [1.807, 2.05) is 6.92 Å². The maximum absolute atomic E-state index is 12.2. The first-order valence-electron chi connectivity index (χ1n) is 5.32. The Morgan fingerprint density at radius 1 is 1.53 bits per heavy atom. The standard InChI is InChI=1S/C12H17BrO2/c1-4-6-12(3,5-2)11(14)9-7-10(13)15-8-9/h7-8H,4-6H2,1-3H3. The van der Waals surface area contributed by atoms with Crippen LogP contribution < -0.4 is 0 Å². The van der Waals surface area contributed by atoms with Crippen LogP contribution in [0.4, 0.5) is 0 Å². The fourth-order valence-corrected chi connectivity index (χ4v) is 2.12. The van der Waals surface area contributed by atoms with E-state index in [-0.39, 0.29) is 11.2 Å². The lowest BCUT2D eigenvalue weighted by Gasteiger charge is -2.25. The van der Waals surface area contributed by atoms with Crippen LogP contribution in [0.2, 0.25) is 0 Å². The molecule has 1 unspecified atom stereocenters. The summed E-state index contributed by atoms with van der Waals surface area (Å²) in [5.74, 6) is 0.182. The average Bonchev–Trinajstić information content (AvgIpc) is 2.64. The molecule has 2 nitrogen and oxygen atoms in total. The molecule has 0 N–H and O–H groups in total. The van der Waals surface area contributed by atoms with Crippen molar-refractivity contribution in [2.45, 2.75) is 40.0 Å². The quantitative estimate of drug-likeness (QED) is 0.742. The van der Waals surface area contributed by atoms with Crippen molar-refractivity contribution in [1.29, 1.82) is 0 Å². The van der Waals surface area contributed by atoms with Crippen molar-refractivity contribution in [2.75, 3.05) is 0 Å². The van der Waals surface area contributed by atoms with Gasteiger partial charge in [0.05, 0.1) is 5.56 Å². The Balaban J connectivity index is 2.91. The van der Waals surface area contributed by atoms with Gasteiger partial charge < -0.3 is 4.42 Å². The minimum atomic E-state index is -0.252. The number of hydrogen-bond donors (Lipinski definition) is 0. The Kier molecular flexibility index (Phi) is 4.14. The van der Waals surface area contributed by atoms with Gasteiger partial charge >= 0.3 is 0 Å². The van der Waals surface area contributed by atoms with Crippen molar-refractivity contribution in [2.24, 2.45) is 5.41 Å². The van der Waals surface area contributed by atoms with Gasteiger partial charge in [-0.3, -0.25) is 4.79 Å². The van der Waals surface area contributed by atoms with E-state index in [4.69, 9.17) is 4.42 Å². The van der Waals surface area contributed by atoms with Crippen molar-refractivity contribution in [3.05, 3.63) is 22.6 Å². The van der Waals surface area contributed by atoms with Crippen LogP contribution in [0, 0.1) is 5.41 Å². The molecule has 3 heteroatoms. The van der Waals surface area contributed by atoms with Crippen LogP contribution in [-0.2, 0) is 0 Å². The molecule has 0 radical (unpaired) electrons. The van der Waals surface area contributed by atoms with Gasteiger partial charge in [0, 0.05) is 11.5 Å². The highest BCUT2D eigenvalue weighted by Crippen LogP contribution is 2.32. The first kappa shape index (κ1) is 12.5. The molecule has 0 aliphatic carbocycles. The van der Waals surface area contributed by atoms with Gasteiger partial charge in [-0.15, -0.1) is 0 Å². The molecule has 1 heterocycles. The van der Waals surface area contributed by atoms with Crippen LogP contribution in [0.15, 0.2) is 21.4 Å². The highest BCUT2D eigenvalue weighted by molar-refractivity contribution is 9.10. The Bertz CT molecular complexity index is 343. The van der Waals surface area contributed by atoms with Crippen molar-refractivity contribution in [3.63, 3.8) is 0 Å². The smallest absolute Gasteiger partial charge is 0.171 e. The van der Waals surface area contributed by atoms with E-state index in [9.17, 15) is 4.79 Å². The zero-order valence-corrected chi connectivity index (χ0v) is 11.1. The molecule has 0 aromatic carbocycles. The number of ketones is 1. The maximum Gasteiger partial charge on any atom is 0.171 e. The zero-order chi connectivity index (χ0) is 11.5. The van der Waals surface area contributed by atoms with Crippen LogP contribution in [0.25, 0.3) is 0 Å². The summed E-state index contributed by atoms with van der Waals surface area (Å²) < 4.78 is 5.71. The summed E-state index contributed by atoms with van der Waals surface area (Å²) in [7, 11) is 0. The SMILES string of the molecule is CCCC(C)(CC)C(=O)c1coc(Br)c1. The molecule has 0 spiro atoms. The van der Waals surface area contributed by atoms with E-state index in [1.165, 1.54) is 6.26 Å². The molecule has 0 aliphatic heterocycles. The molecule has 84 valence electrons. The fraction of sp³-hybridized carbons (Fsp3) is 0.583. The van der Waals surface area contributed by atoms with Crippen molar-refractivity contribution in [3.8, 4) is 0 Å². The Hall–Kier alpha value is -0.570. The summed E-state index contributed by atoms with van der Waals surface area (Å²) in [6, 6.07) is 1.74. The Morgan fingerprint density at radius 3 is 2.60 bits per heavy atom. The number of hydrogen-bond acceptors (Lipinski definition) is 2. The molecule has 1 rings (SSSR count). The number of halogens is 1. The number of furan rings is 1. The van der Waals surface area contributed by atoms with Crippen LogP contribution >= 0.6 is 15.9 Å². The van der Waals surface area contributed by atoms with Gasteiger partial charge in [-0.2, -0.15) is 0 Å². The van der Waals surface area contributed by atoms with Gasteiger partial charge in [0.15, 0.2) is 10.5 Å². The van der Waals surface area contributed by atoms with Crippen molar-refractivity contribution >= 4 is 21.7 Å². The van der Waals surface area contributed by atoms with Crippen molar-refractivity contribution < 1.29 is 9.21 Å². The summed E-state index contributed by atoms with van der Waals surface area (Å²) in [6.45, 7) is 6.19. The summed E-state index contributed by atoms with van der Waals surface area (Å²) in [5.41, 5.74) is 0.414. The second kappa shape index (κ2) is 4.97. The molecule has 1 aromatic heterocycles. The minimum Gasteiger partial charge on any atom is -0.457 e. The maximum atomic E-state index is 12.2. The molecule has 0 saturated heterocycles. The molecule has 1 atom stereocenters. The lowest BCUT2D eigenvalue weighted by Crippen LogP contribution is -2.26. The minimum absolute atomic E-state index is 0.182. The van der Waals surface area contributed by atoms with Gasteiger partial charge in [-0.25, -0.2) is 0 Å². The fourth-order valence-electron chi connectivity index (χ4n) is 1.78. The van der Waals surface area contributed by atoms with Gasteiger partial charge in [-0.05, 0) is 28.8 Å². The van der Waals surface area contributed by atoms with Crippen LogP contribution in [0.5, 0.6) is 0 Å². The van der Waals surface area contributed by atoms with Crippen LogP contribution in [0.1, 0.15) is 50.4 Å². The summed E-state index contributed by atoms with van der Waals surface area (Å²) in [6.07, 6.45) is 4.33. The van der Waals surface area contributed by atoms with Crippen LogP contribution in [0.3, 0.4) is 0 Å². The van der Waals surface area contributed by atoms with Gasteiger partial charge in [0.1, 0.15) is 6.26 Å². The Labute approximate surface area is 99.2 Å². The van der Waals surface area contributed by atoms with E-state index in [1.54, 1.807) is 6.07 Å². The molecular formula is C12H17BrO2. The molecule has 15 heavy (non-hydrogen) atoms. The highest BCUT2D eigenvalue weighted by atomic mass is 79.9. The van der Waals surface area contributed by atoms with Gasteiger partial charge in [-0.1, -0.05) is 27.2 Å². The van der Waals surface area contributed by atoms with E-state index in [0.717, 1.165) is 19.3 Å². The first-order valence-corrected chi connectivity index (χ1v) is 6.11. The molecule has 1 aromatic rings. The third-order valence-corrected chi connectivity index (χ3v) is 3.38. The van der Waals surface area contributed by atoms with Gasteiger partial charge in [0.2, 0.25) is 0 Å². The number of rotatable bonds is 5. The third-order valence-electron chi connectivity index (χ3n) is 2.96. The lowest BCUT2D eigenvalue weighted by molar-refractivity contribution is 0.0793. The largest absolute Gasteiger partial charge is 0.457 e. The third kappa shape index (κ3) is 2.71. The predicted molar refractivity (Wildman–Crippen MR) is 64.0 cm³/mol. The Morgan fingerprint density at radius 2 is 2.20 bits per heavy atom. The number of Topliss-reactive ketones (excluding diaryl/α,β-unsaturated/α-hetero) is 1. The molecule has 0 fully saturated rings. The van der Waals surface area contributed by atoms with Crippen molar-refractivity contribution in [1.82, 2.24) is 0 Å². The molecule has 0 aliphatic rings. The van der Waals surface area contributed by atoms with Crippen LogP contribution in [-0.4, -0.2) is 5.78 Å². The second-order valence-corrected chi connectivity index (χ2v) is 4.91. The van der Waals surface area contributed by atoms with E-state index in [0.29, 0.717) is 10.2 Å². The normalized spacial score (nSPS) is 14.9. The predicted octanol–water partition coefficient (Wildman–Crippen LogP) is 4.44. The summed E-state index contributed by atoms with van der Waals surface area (Å²) in [4.78, 5) is 12.2.